The van der Waals surface area contributed by atoms with Gasteiger partial charge in [-0.15, -0.1) is 0 Å². The van der Waals surface area contributed by atoms with Crippen molar-refractivity contribution in [2.75, 3.05) is 13.2 Å². The lowest BCUT2D eigenvalue weighted by atomic mass is 10.1. The van der Waals surface area contributed by atoms with E-state index in [1.807, 2.05) is 6.07 Å². The van der Waals surface area contributed by atoms with E-state index < -0.39 is 0 Å². The highest BCUT2D eigenvalue weighted by molar-refractivity contribution is 5.19. The molecule has 0 aliphatic rings. The Balaban J connectivity index is 2.57. The molecule has 0 radical (unpaired) electrons. The molecule has 0 saturated heterocycles. The van der Waals surface area contributed by atoms with Crippen LogP contribution in [0.15, 0.2) is 24.3 Å². The molecular weight excluding hydrogens is 193 g/mol. The summed E-state index contributed by atoms with van der Waals surface area (Å²) in [7, 11) is 0. The molecule has 1 rings (SSSR count). The van der Waals surface area contributed by atoms with Crippen LogP contribution in [0.4, 0.5) is 4.39 Å². The van der Waals surface area contributed by atoms with Gasteiger partial charge in [0.25, 0.3) is 0 Å². The highest BCUT2D eigenvalue weighted by atomic mass is 19.1. The molecule has 0 aliphatic heterocycles. The first kappa shape index (κ1) is 12.1. The second-order valence-corrected chi connectivity index (χ2v) is 3.50. The SMILES string of the molecule is CCCCOC(CN)c1cccc(F)c1. The van der Waals surface area contributed by atoms with Crippen LogP contribution in [0.2, 0.25) is 0 Å². The zero-order chi connectivity index (χ0) is 11.1. The minimum absolute atomic E-state index is 0.188. The van der Waals surface area contributed by atoms with Gasteiger partial charge in [-0.25, -0.2) is 4.39 Å². The zero-order valence-corrected chi connectivity index (χ0v) is 9.08. The molecule has 2 nitrogen and oxygen atoms in total. The molecule has 1 aromatic carbocycles. The molecule has 0 saturated carbocycles. The molecule has 0 fully saturated rings. The van der Waals surface area contributed by atoms with Crippen molar-refractivity contribution in [3.8, 4) is 0 Å². The molecule has 15 heavy (non-hydrogen) atoms. The number of halogens is 1. The minimum atomic E-state index is -0.245. The molecule has 0 bridgehead atoms. The topological polar surface area (TPSA) is 35.2 Å². The highest BCUT2D eigenvalue weighted by Gasteiger charge is 2.09. The van der Waals surface area contributed by atoms with Gasteiger partial charge >= 0.3 is 0 Å². The predicted molar refractivity (Wildman–Crippen MR) is 59.1 cm³/mol. The van der Waals surface area contributed by atoms with Crippen LogP contribution in [0.3, 0.4) is 0 Å². The van der Waals surface area contributed by atoms with Crippen molar-refractivity contribution < 1.29 is 9.13 Å². The van der Waals surface area contributed by atoms with Crippen LogP contribution >= 0.6 is 0 Å². The zero-order valence-electron chi connectivity index (χ0n) is 9.08. The molecule has 1 unspecified atom stereocenters. The number of hydrogen-bond donors (Lipinski definition) is 1. The number of nitrogens with two attached hydrogens (primary N) is 1. The van der Waals surface area contributed by atoms with Crippen molar-refractivity contribution >= 4 is 0 Å². The van der Waals surface area contributed by atoms with Gasteiger partial charge < -0.3 is 10.5 Å². The summed E-state index contributed by atoms with van der Waals surface area (Å²) in [5.74, 6) is -0.245. The summed E-state index contributed by atoms with van der Waals surface area (Å²) in [4.78, 5) is 0. The molecule has 0 spiro atoms. The molecule has 0 aromatic heterocycles. The number of unbranched alkanes of at least 4 members (excludes halogenated alkanes) is 1. The van der Waals surface area contributed by atoms with E-state index in [-0.39, 0.29) is 11.9 Å². The lowest BCUT2D eigenvalue weighted by Crippen LogP contribution is -2.16. The quantitative estimate of drug-likeness (QED) is 0.734. The standard InChI is InChI=1S/C12H18FNO/c1-2-3-7-15-12(9-14)10-5-4-6-11(13)8-10/h4-6,8,12H,2-3,7,9,14H2,1H3. The van der Waals surface area contributed by atoms with Crippen molar-refractivity contribution in [1.29, 1.82) is 0 Å². The van der Waals surface area contributed by atoms with Crippen LogP contribution < -0.4 is 5.73 Å². The molecule has 0 aliphatic carbocycles. The first-order chi connectivity index (χ1) is 7.27. The lowest BCUT2D eigenvalue weighted by molar-refractivity contribution is 0.0564. The van der Waals surface area contributed by atoms with Gasteiger partial charge in [0.15, 0.2) is 0 Å². The molecule has 2 N–H and O–H groups in total. The van der Waals surface area contributed by atoms with E-state index in [1.165, 1.54) is 12.1 Å². The molecule has 0 heterocycles. The summed E-state index contributed by atoms with van der Waals surface area (Å²) < 4.78 is 18.5. The lowest BCUT2D eigenvalue weighted by Gasteiger charge is -2.16. The van der Waals surface area contributed by atoms with E-state index >= 15 is 0 Å². The third-order valence-electron chi connectivity index (χ3n) is 2.25. The Morgan fingerprint density at radius 3 is 2.87 bits per heavy atom. The largest absolute Gasteiger partial charge is 0.372 e. The van der Waals surface area contributed by atoms with Gasteiger partial charge in [-0.2, -0.15) is 0 Å². The average molecular weight is 211 g/mol. The van der Waals surface area contributed by atoms with Crippen LogP contribution in [0, 0.1) is 5.82 Å². The van der Waals surface area contributed by atoms with Crippen molar-refractivity contribution in [2.45, 2.75) is 25.9 Å². The maximum Gasteiger partial charge on any atom is 0.123 e. The second kappa shape index (κ2) is 6.53. The van der Waals surface area contributed by atoms with E-state index in [0.717, 1.165) is 18.4 Å². The van der Waals surface area contributed by atoms with E-state index in [2.05, 4.69) is 6.92 Å². The van der Waals surface area contributed by atoms with Crippen molar-refractivity contribution in [3.05, 3.63) is 35.6 Å². The Labute approximate surface area is 90.2 Å². The Bertz CT molecular complexity index is 291. The monoisotopic (exact) mass is 211 g/mol. The van der Waals surface area contributed by atoms with Crippen LogP contribution in [-0.2, 0) is 4.74 Å². The summed E-state index contributed by atoms with van der Waals surface area (Å²) in [5, 5.41) is 0. The number of benzene rings is 1. The maximum absolute atomic E-state index is 13.0. The molecule has 84 valence electrons. The minimum Gasteiger partial charge on any atom is -0.372 e. The molecule has 1 aromatic rings. The van der Waals surface area contributed by atoms with Gasteiger partial charge in [0.1, 0.15) is 5.82 Å². The van der Waals surface area contributed by atoms with Gasteiger partial charge in [-0.05, 0) is 24.1 Å². The summed E-state index contributed by atoms with van der Waals surface area (Å²) in [6, 6.07) is 6.41. The number of rotatable bonds is 6. The van der Waals surface area contributed by atoms with E-state index in [0.29, 0.717) is 13.2 Å². The average Bonchev–Trinajstić information content (AvgIpc) is 2.24. The first-order valence-corrected chi connectivity index (χ1v) is 5.35. The third kappa shape index (κ3) is 3.98. The predicted octanol–water partition coefficient (Wildman–Crippen LogP) is 2.64. The van der Waals surface area contributed by atoms with Crippen LogP contribution in [0.1, 0.15) is 31.4 Å². The van der Waals surface area contributed by atoms with Gasteiger partial charge in [0, 0.05) is 13.2 Å². The van der Waals surface area contributed by atoms with Gasteiger partial charge in [-0.3, -0.25) is 0 Å². The van der Waals surface area contributed by atoms with E-state index in [1.54, 1.807) is 6.07 Å². The molecular formula is C12H18FNO. The van der Waals surface area contributed by atoms with Gasteiger partial charge in [-0.1, -0.05) is 25.5 Å². The first-order valence-electron chi connectivity index (χ1n) is 5.35. The normalized spacial score (nSPS) is 12.7. The third-order valence-corrected chi connectivity index (χ3v) is 2.25. The Kier molecular flexibility index (Phi) is 5.29. The summed E-state index contributed by atoms with van der Waals surface area (Å²) >= 11 is 0. The molecule has 3 heteroatoms. The summed E-state index contributed by atoms with van der Waals surface area (Å²) in [6.07, 6.45) is 1.90. The van der Waals surface area contributed by atoms with Crippen LogP contribution in [-0.4, -0.2) is 13.2 Å². The summed E-state index contributed by atoms with van der Waals surface area (Å²) in [6.45, 7) is 3.16. The fourth-order valence-corrected chi connectivity index (χ4v) is 1.38. The highest BCUT2D eigenvalue weighted by Crippen LogP contribution is 2.17. The second-order valence-electron chi connectivity index (χ2n) is 3.50. The van der Waals surface area contributed by atoms with Crippen molar-refractivity contribution in [3.63, 3.8) is 0 Å². The van der Waals surface area contributed by atoms with Crippen molar-refractivity contribution in [2.24, 2.45) is 5.73 Å². The smallest absolute Gasteiger partial charge is 0.123 e. The number of ether oxygens (including phenoxy) is 1. The Morgan fingerprint density at radius 2 is 2.27 bits per heavy atom. The fraction of sp³-hybridized carbons (Fsp3) is 0.500. The Morgan fingerprint density at radius 1 is 1.47 bits per heavy atom. The Hall–Kier alpha value is -0.930. The molecule has 1 atom stereocenters. The van der Waals surface area contributed by atoms with Gasteiger partial charge in [0.2, 0.25) is 0 Å². The van der Waals surface area contributed by atoms with Gasteiger partial charge in [0.05, 0.1) is 6.10 Å². The van der Waals surface area contributed by atoms with Crippen LogP contribution in [0.5, 0.6) is 0 Å². The van der Waals surface area contributed by atoms with E-state index in [4.69, 9.17) is 10.5 Å². The maximum atomic E-state index is 13.0. The van der Waals surface area contributed by atoms with E-state index in [9.17, 15) is 4.39 Å². The molecule has 0 amide bonds. The number of hydrogen-bond acceptors (Lipinski definition) is 2. The fourth-order valence-electron chi connectivity index (χ4n) is 1.38. The van der Waals surface area contributed by atoms with Crippen LogP contribution in [0.25, 0.3) is 0 Å². The summed E-state index contributed by atoms with van der Waals surface area (Å²) in [5.41, 5.74) is 6.40. The van der Waals surface area contributed by atoms with Crippen molar-refractivity contribution in [1.82, 2.24) is 0 Å².